The first-order valence-corrected chi connectivity index (χ1v) is 5.41. The molecule has 0 saturated heterocycles. The summed E-state index contributed by atoms with van der Waals surface area (Å²) in [7, 11) is 0. The van der Waals surface area contributed by atoms with Crippen LogP contribution in [0.2, 0.25) is 0 Å². The van der Waals surface area contributed by atoms with Gasteiger partial charge in [-0.15, -0.1) is 0 Å². The van der Waals surface area contributed by atoms with E-state index in [2.05, 4.69) is 19.9 Å². The second-order valence-electron chi connectivity index (χ2n) is 4.07. The predicted octanol–water partition coefficient (Wildman–Crippen LogP) is 3.20. The standard InChI is InChI=1S/C13H18O2/c1-4-13(14)15-12-7-5-6-11(9-12)8-10(2)3/h5-7,9-10H,4,8H2,1-3H3. The summed E-state index contributed by atoms with van der Waals surface area (Å²) in [6.07, 6.45) is 1.42. The summed E-state index contributed by atoms with van der Waals surface area (Å²) in [5.74, 6) is 1.08. The van der Waals surface area contributed by atoms with Crippen molar-refractivity contribution in [3.63, 3.8) is 0 Å². The van der Waals surface area contributed by atoms with E-state index in [0.29, 0.717) is 18.1 Å². The molecule has 0 spiro atoms. The lowest BCUT2D eigenvalue weighted by Crippen LogP contribution is -2.05. The van der Waals surface area contributed by atoms with E-state index < -0.39 is 0 Å². The van der Waals surface area contributed by atoms with Crippen molar-refractivity contribution >= 4 is 5.97 Å². The molecule has 82 valence electrons. The summed E-state index contributed by atoms with van der Waals surface area (Å²) in [4.78, 5) is 11.1. The summed E-state index contributed by atoms with van der Waals surface area (Å²) in [5, 5.41) is 0. The summed E-state index contributed by atoms with van der Waals surface area (Å²) in [5.41, 5.74) is 1.21. The molecule has 2 heteroatoms. The molecule has 0 atom stereocenters. The van der Waals surface area contributed by atoms with Gasteiger partial charge in [-0.05, 0) is 30.0 Å². The highest BCUT2D eigenvalue weighted by Crippen LogP contribution is 2.16. The molecule has 1 aromatic rings. The average molecular weight is 206 g/mol. The lowest BCUT2D eigenvalue weighted by atomic mass is 10.0. The van der Waals surface area contributed by atoms with Gasteiger partial charge >= 0.3 is 5.97 Å². The summed E-state index contributed by atoms with van der Waals surface area (Å²) in [6.45, 7) is 6.13. The van der Waals surface area contributed by atoms with Crippen molar-refractivity contribution in [2.75, 3.05) is 0 Å². The van der Waals surface area contributed by atoms with Gasteiger partial charge in [-0.25, -0.2) is 0 Å². The van der Waals surface area contributed by atoms with Crippen LogP contribution in [0.4, 0.5) is 0 Å². The van der Waals surface area contributed by atoms with Crippen LogP contribution in [-0.4, -0.2) is 5.97 Å². The van der Waals surface area contributed by atoms with Crippen LogP contribution in [0.15, 0.2) is 24.3 Å². The van der Waals surface area contributed by atoms with E-state index in [0.717, 1.165) is 6.42 Å². The number of hydrogen-bond donors (Lipinski definition) is 0. The van der Waals surface area contributed by atoms with Crippen LogP contribution in [0, 0.1) is 5.92 Å². The molecule has 0 heterocycles. The van der Waals surface area contributed by atoms with Crippen molar-refractivity contribution in [2.45, 2.75) is 33.6 Å². The van der Waals surface area contributed by atoms with Crippen LogP contribution < -0.4 is 4.74 Å². The third kappa shape index (κ3) is 4.15. The number of hydrogen-bond acceptors (Lipinski definition) is 2. The lowest BCUT2D eigenvalue weighted by Gasteiger charge is -2.07. The fourth-order valence-electron chi connectivity index (χ4n) is 1.41. The molecule has 1 aromatic carbocycles. The quantitative estimate of drug-likeness (QED) is 0.558. The first-order chi connectivity index (χ1) is 7.11. The Morgan fingerprint density at radius 3 is 2.73 bits per heavy atom. The molecule has 0 N–H and O–H groups in total. The van der Waals surface area contributed by atoms with Crippen molar-refractivity contribution in [3.05, 3.63) is 29.8 Å². The largest absolute Gasteiger partial charge is 0.427 e. The molecule has 0 saturated carbocycles. The number of esters is 1. The van der Waals surface area contributed by atoms with Crippen LogP contribution in [0.5, 0.6) is 5.75 Å². The van der Waals surface area contributed by atoms with Gasteiger partial charge in [-0.2, -0.15) is 0 Å². The average Bonchev–Trinajstić information content (AvgIpc) is 2.17. The number of carbonyl (C=O) groups is 1. The Hall–Kier alpha value is -1.31. The Balaban J connectivity index is 2.69. The minimum absolute atomic E-state index is 0.184. The van der Waals surface area contributed by atoms with Gasteiger partial charge < -0.3 is 4.74 Å². The maximum absolute atomic E-state index is 11.1. The number of ether oxygens (including phenoxy) is 1. The van der Waals surface area contributed by atoms with E-state index in [4.69, 9.17) is 4.74 Å². The van der Waals surface area contributed by atoms with Crippen LogP contribution >= 0.6 is 0 Å². The Bertz CT molecular complexity index is 329. The second-order valence-corrected chi connectivity index (χ2v) is 4.07. The van der Waals surface area contributed by atoms with Crippen LogP contribution in [-0.2, 0) is 11.2 Å². The topological polar surface area (TPSA) is 26.3 Å². The zero-order chi connectivity index (χ0) is 11.3. The minimum atomic E-state index is -0.184. The van der Waals surface area contributed by atoms with Gasteiger partial charge in [-0.1, -0.05) is 32.9 Å². The van der Waals surface area contributed by atoms with Crippen molar-refractivity contribution < 1.29 is 9.53 Å². The van der Waals surface area contributed by atoms with Crippen molar-refractivity contribution in [2.24, 2.45) is 5.92 Å². The lowest BCUT2D eigenvalue weighted by molar-refractivity contribution is -0.134. The third-order valence-corrected chi connectivity index (χ3v) is 2.06. The normalized spacial score (nSPS) is 10.4. The predicted molar refractivity (Wildman–Crippen MR) is 60.9 cm³/mol. The monoisotopic (exact) mass is 206 g/mol. The van der Waals surface area contributed by atoms with Gasteiger partial charge in [0, 0.05) is 6.42 Å². The molecule has 15 heavy (non-hydrogen) atoms. The smallest absolute Gasteiger partial charge is 0.310 e. The summed E-state index contributed by atoms with van der Waals surface area (Å²) < 4.78 is 5.15. The zero-order valence-corrected chi connectivity index (χ0v) is 9.62. The molecule has 0 radical (unpaired) electrons. The molecule has 2 nitrogen and oxygen atoms in total. The van der Waals surface area contributed by atoms with Crippen molar-refractivity contribution in [1.82, 2.24) is 0 Å². The molecule has 0 aliphatic heterocycles. The molecule has 0 unspecified atom stereocenters. The van der Waals surface area contributed by atoms with Gasteiger partial charge in [0.2, 0.25) is 0 Å². The first kappa shape index (κ1) is 11.8. The Labute approximate surface area is 91.3 Å². The van der Waals surface area contributed by atoms with E-state index in [1.807, 2.05) is 18.2 Å². The first-order valence-electron chi connectivity index (χ1n) is 5.41. The molecule has 0 bridgehead atoms. The third-order valence-electron chi connectivity index (χ3n) is 2.06. The highest BCUT2D eigenvalue weighted by atomic mass is 16.5. The van der Waals surface area contributed by atoms with Crippen molar-refractivity contribution in [3.8, 4) is 5.75 Å². The molecule has 0 aromatic heterocycles. The SMILES string of the molecule is CCC(=O)Oc1cccc(CC(C)C)c1. The van der Waals surface area contributed by atoms with Crippen molar-refractivity contribution in [1.29, 1.82) is 0 Å². The number of rotatable bonds is 4. The van der Waals surface area contributed by atoms with Crippen LogP contribution in [0.1, 0.15) is 32.8 Å². The Kier molecular flexibility index (Phi) is 4.35. The highest BCUT2D eigenvalue weighted by Gasteiger charge is 2.03. The highest BCUT2D eigenvalue weighted by molar-refractivity contribution is 5.71. The summed E-state index contributed by atoms with van der Waals surface area (Å²) >= 11 is 0. The Morgan fingerprint density at radius 1 is 1.40 bits per heavy atom. The van der Waals surface area contributed by atoms with Gasteiger partial charge in [0.25, 0.3) is 0 Å². The van der Waals surface area contributed by atoms with Gasteiger partial charge in [-0.3, -0.25) is 4.79 Å². The van der Waals surface area contributed by atoms with E-state index in [1.165, 1.54) is 5.56 Å². The molecule has 0 aliphatic carbocycles. The fraction of sp³-hybridized carbons (Fsp3) is 0.462. The maximum Gasteiger partial charge on any atom is 0.310 e. The molecular formula is C13H18O2. The molecular weight excluding hydrogens is 188 g/mol. The fourth-order valence-corrected chi connectivity index (χ4v) is 1.41. The Morgan fingerprint density at radius 2 is 2.13 bits per heavy atom. The van der Waals surface area contributed by atoms with Crippen LogP contribution in [0.25, 0.3) is 0 Å². The van der Waals surface area contributed by atoms with E-state index in [-0.39, 0.29) is 5.97 Å². The van der Waals surface area contributed by atoms with E-state index in [9.17, 15) is 4.79 Å². The van der Waals surface area contributed by atoms with Gasteiger partial charge in [0.15, 0.2) is 0 Å². The number of carbonyl (C=O) groups excluding carboxylic acids is 1. The second kappa shape index (κ2) is 5.54. The molecule has 1 rings (SSSR count). The van der Waals surface area contributed by atoms with E-state index in [1.54, 1.807) is 6.92 Å². The molecule has 0 fully saturated rings. The molecule has 0 aliphatic rings. The molecule has 0 amide bonds. The summed E-state index contributed by atoms with van der Waals surface area (Å²) in [6, 6.07) is 7.74. The van der Waals surface area contributed by atoms with Gasteiger partial charge in [0.05, 0.1) is 0 Å². The zero-order valence-electron chi connectivity index (χ0n) is 9.62. The number of benzene rings is 1. The van der Waals surface area contributed by atoms with Crippen LogP contribution in [0.3, 0.4) is 0 Å². The van der Waals surface area contributed by atoms with Gasteiger partial charge in [0.1, 0.15) is 5.75 Å². The minimum Gasteiger partial charge on any atom is -0.427 e. The maximum atomic E-state index is 11.1. The van der Waals surface area contributed by atoms with E-state index >= 15 is 0 Å².